The first-order valence-electron chi connectivity index (χ1n) is 11.1. The highest BCUT2D eigenvalue weighted by atomic mass is 16.5. The molecule has 0 aliphatic carbocycles. The van der Waals surface area contributed by atoms with Crippen molar-refractivity contribution in [2.45, 2.75) is 12.5 Å². The number of phenols is 1. The zero-order chi connectivity index (χ0) is 24.4. The summed E-state index contributed by atoms with van der Waals surface area (Å²) in [5.41, 5.74) is 0.705. The number of hydrogen-bond donors (Lipinski definition) is 2. The number of nitrogens with zero attached hydrogens (tertiary/aromatic N) is 2. The van der Waals surface area contributed by atoms with Crippen LogP contribution in [0.15, 0.2) is 66.2 Å². The molecule has 1 aliphatic rings. The van der Waals surface area contributed by atoms with E-state index in [1.807, 2.05) is 31.1 Å². The molecule has 0 unspecified atom stereocenters. The normalized spacial score (nSPS) is 17.6. The fraction of sp³-hybridized carbons (Fsp3) is 0.259. The molecular formula is C27H28N2O5. The Morgan fingerprint density at radius 2 is 1.82 bits per heavy atom. The number of amides is 1. The van der Waals surface area contributed by atoms with E-state index < -0.39 is 23.5 Å². The van der Waals surface area contributed by atoms with E-state index in [9.17, 15) is 19.8 Å². The Kier molecular flexibility index (Phi) is 6.56. The quantitative estimate of drug-likeness (QED) is 0.316. The van der Waals surface area contributed by atoms with E-state index in [2.05, 4.69) is 0 Å². The minimum atomic E-state index is -0.803. The van der Waals surface area contributed by atoms with Gasteiger partial charge in [0.2, 0.25) is 0 Å². The summed E-state index contributed by atoms with van der Waals surface area (Å²) >= 11 is 0. The highest BCUT2D eigenvalue weighted by molar-refractivity contribution is 6.46. The van der Waals surface area contributed by atoms with E-state index in [1.54, 1.807) is 55.6 Å². The topological polar surface area (TPSA) is 90.3 Å². The highest BCUT2D eigenvalue weighted by Crippen LogP contribution is 2.42. The second kappa shape index (κ2) is 9.57. The fourth-order valence-electron chi connectivity index (χ4n) is 4.42. The number of hydrogen-bond acceptors (Lipinski definition) is 6. The van der Waals surface area contributed by atoms with Crippen LogP contribution >= 0.6 is 0 Å². The number of likely N-dealkylation sites (tertiary alicyclic amines) is 1. The van der Waals surface area contributed by atoms with Gasteiger partial charge in [-0.3, -0.25) is 9.59 Å². The Labute approximate surface area is 198 Å². The molecule has 3 aromatic rings. The number of phenolic OH excluding ortho intramolecular Hbond substituents is 1. The van der Waals surface area contributed by atoms with Crippen molar-refractivity contribution in [3.8, 4) is 11.5 Å². The van der Waals surface area contributed by atoms with E-state index in [0.717, 1.165) is 11.9 Å². The zero-order valence-corrected chi connectivity index (χ0v) is 19.5. The van der Waals surface area contributed by atoms with Crippen LogP contribution in [0.2, 0.25) is 0 Å². The standard InChI is InChI=1S/C27H28N2O5/c1-28(2)14-7-15-29-23(18-9-6-10-19(16-18)34-3)22(26(32)27(29)33)25(31)21-13-12-17-8-4-5-11-20(17)24(21)30/h4-6,8-13,16,23,30-31H,7,14-15H2,1-3H3/t23-/m0/s1. The smallest absolute Gasteiger partial charge is 0.295 e. The number of aliphatic hydroxyl groups excluding tert-OH is 1. The van der Waals surface area contributed by atoms with Gasteiger partial charge >= 0.3 is 0 Å². The number of carbonyl (C=O) groups is 2. The third-order valence-corrected chi connectivity index (χ3v) is 6.11. The molecule has 1 aliphatic heterocycles. The van der Waals surface area contributed by atoms with E-state index >= 15 is 0 Å². The van der Waals surface area contributed by atoms with E-state index in [-0.39, 0.29) is 16.9 Å². The predicted octanol–water partition coefficient (Wildman–Crippen LogP) is 3.93. The lowest BCUT2D eigenvalue weighted by atomic mass is 9.94. The highest BCUT2D eigenvalue weighted by Gasteiger charge is 2.46. The van der Waals surface area contributed by atoms with E-state index in [4.69, 9.17) is 4.74 Å². The van der Waals surface area contributed by atoms with Crippen LogP contribution in [0, 0.1) is 0 Å². The molecule has 176 valence electrons. The Morgan fingerprint density at radius 1 is 1.06 bits per heavy atom. The van der Waals surface area contributed by atoms with E-state index in [0.29, 0.717) is 29.7 Å². The fourth-order valence-corrected chi connectivity index (χ4v) is 4.42. The Balaban J connectivity index is 1.87. The van der Waals surface area contributed by atoms with Gasteiger partial charge in [0.1, 0.15) is 17.3 Å². The number of ether oxygens (including phenoxy) is 1. The van der Waals surface area contributed by atoms with Crippen LogP contribution in [0.5, 0.6) is 11.5 Å². The molecule has 0 bridgehead atoms. The number of carbonyl (C=O) groups excluding carboxylic acids is 2. The molecular weight excluding hydrogens is 432 g/mol. The Morgan fingerprint density at radius 3 is 2.56 bits per heavy atom. The summed E-state index contributed by atoms with van der Waals surface area (Å²) in [6, 6.07) is 16.8. The molecule has 1 saturated heterocycles. The van der Waals surface area contributed by atoms with Crippen molar-refractivity contribution in [3.63, 3.8) is 0 Å². The molecule has 1 heterocycles. The van der Waals surface area contributed by atoms with Crippen LogP contribution in [-0.2, 0) is 9.59 Å². The lowest BCUT2D eigenvalue weighted by Crippen LogP contribution is -2.32. The maximum atomic E-state index is 13.2. The van der Waals surface area contributed by atoms with Crippen molar-refractivity contribution >= 4 is 28.2 Å². The minimum Gasteiger partial charge on any atom is -0.507 e. The largest absolute Gasteiger partial charge is 0.507 e. The number of Topliss-reactive ketones (excluding diaryl/α,β-unsaturated/α-hetero) is 1. The molecule has 0 aromatic heterocycles. The summed E-state index contributed by atoms with van der Waals surface area (Å²) < 4.78 is 5.35. The Hall–Kier alpha value is -3.84. The monoisotopic (exact) mass is 460 g/mol. The summed E-state index contributed by atoms with van der Waals surface area (Å²) in [4.78, 5) is 29.8. The van der Waals surface area contributed by atoms with Crippen molar-refractivity contribution in [2.24, 2.45) is 0 Å². The minimum absolute atomic E-state index is 0.0475. The van der Waals surface area contributed by atoms with Gasteiger partial charge in [0.15, 0.2) is 0 Å². The average Bonchev–Trinajstić information content (AvgIpc) is 3.09. The van der Waals surface area contributed by atoms with Crippen LogP contribution in [0.25, 0.3) is 16.5 Å². The number of aliphatic hydroxyl groups is 1. The third-order valence-electron chi connectivity index (χ3n) is 6.11. The summed E-state index contributed by atoms with van der Waals surface area (Å²) in [5, 5.41) is 23.6. The van der Waals surface area contributed by atoms with Gasteiger partial charge in [-0.25, -0.2) is 0 Å². The maximum absolute atomic E-state index is 13.2. The molecule has 34 heavy (non-hydrogen) atoms. The molecule has 4 rings (SSSR count). The van der Waals surface area contributed by atoms with Crippen LogP contribution in [0.1, 0.15) is 23.6 Å². The van der Waals surface area contributed by atoms with Gasteiger partial charge < -0.3 is 24.7 Å². The van der Waals surface area contributed by atoms with E-state index in [1.165, 1.54) is 4.90 Å². The second-order valence-corrected chi connectivity index (χ2v) is 8.61. The van der Waals surface area contributed by atoms with Crippen molar-refractivity contribution in [1.29, 1.82) is 0 Å². The van der Waals surface area contributed by atoms with Gasteiger partial charge in [0.25, 0.3) is 11.7 Å². The third kappa shape index (κ3) is 4.22. The van der Waals surface area contributed by atoms with Gasteiger partial charge in [-0.2, -0.15) is 0 Å². The molecule has 7 heteroatoms. The molecule has 2 N–H and O–H groups in total. The Bertz CT molecular complexity index is 1280. The summed E-state index contributed by atoms with van der Waals surface area (Å²) in [6.07, 6.45) is 0.655. The van der Waals surface area contributed by atoms with Gasteiger partial charge in [0, 0.05) is 11.9 Å². The number of ketones is 1. The van der Waals surface area contributed by atoms with Gasteiger partial charge in [-0.05, 0) is 56.2 Å². The maximum Gasteiger partial charge on any atom is 0.295 e. The van der Waals surface area contributed by atoms with Crippen LogP contribution in [0.3, 0.4) is 0 Å². The SMILES string of the molecule is COc1cccc([C@H]2C(=C(O)c3ccc4ccccc4c3O)C(=O)C(=O)N2CCCN(C)C)c1. The first-order chi connectivity index (χ1) is 16.3. The molecule has 0 spiro atoms. The number of rotatable bonds is 7. The number of aromatic hydroxyl groups is 1. The summed E-state index contributed by atoms with van der Waals surface area (Å²) in [5.74, 6) is -1.41. The van der Waals surface area contributed by atoms with Gasteiger partial charge in [-0.15, -0.1) is 0 Å². The van der Waals surface area contributed by atoms with Crippen molar-refractivity contribution < 1.29 is 24.5 Å². The summed E-state index contributed by atoms with van der Waals surface area (Å²) in [7, 11) is 5.42. The number of fused-ring (bicyclic) bond motifs is 1. The molecule has 1 fully saturated rings. The lowest BCUT2D eigenvalue weighted by Gasteiger charge is -2.26. The lowest BCUT2D eigenvalue weighted by molar-refractivity contribution is -0.139. The molecule has 7 nitrogen and oxygen atoms in total. The van der Waals surface area contributed by atoms with Crippen molar-refractivity contribution in [2.75, 3.05) is 34.3 Å². The molecule has 1 atom stereocenters. The number of benzene rings is 3. The van der Waals surface area contributed by atoms with Crippen LogP contribution < -0.4 is 4.74 Å². The first kappa shape index (κ1) is 23.3. The van der Waals surface area contributed by atoms with Gasteiger partial charge in [-0.1, -0.05) is 42.5 Å². The zero-order valence-electron chi connectivity index (χ0n) is 19.5. The average molecular weight is 461 g/mol. The van der Waals surface area contributed by atoms with Crippen LogP contribution in [-0.4, -0.2) is 66.0 Å². The second-order valence-electron chi connectivity index (χ2n) is 8.61. The molecule has 0 radical (unpaired) electrons. The number of methoxy groups -OCH3 is 1. The van der Waals surface area contributed by atoms with Gasteiger partial charge in [0.05, 0.1) is 24.3 Å². The predicted molar refractivity (Wildman–Crippen MR) is 131 cm³/mol. The molecule has 0 saturated carbocycles. The van der Waals surface area contributed by atoms with Crippen molar-refractivity contribution in [3.05, 3.63) is 77.4 Å². The molecule has 3 aromatic carbocycles. The summed E-state index contributed by atoms with van der Waals surface area (Å²) in [6.45, 7) is 1.07. The first-order valence-corrected chi connectivity index (χ1v) is 11.1. The van der Waals surface area contributed by atoms with Crippen molar-refractivity contribution in [1.82, 2.24) is 9.80 Å². The van der Waals surface area contributed by atoms with Crippen LogP contribution in [0.4, 0.5) is 0 Å². The molecule has 1 amide bonds.